The van der Waals surface area contributed by atoms with E-state index in [-0.39, 0.29) is 17.4 Å². The Hall–Kier alpha value is -2.27. The van der Waals surface area contributed by atoms with Crippen molar-refractivity contribution in [2.75, 3.05) is 17.2 Å². The molecule has 1 heterocycles. The van der Waals surface area contributed by atoms with Crippen LogP contribution >= 0.6 is 11.8 Å². The molecule has 0 unspecified atom stereocenters. The number of amides is 2. The first-order valence-electron chi connectivity index (χ1n) is 11.5. The summed E-state index contributed by atoms with van der Waals surface area (Å²) in [5.41, 5.74) is 2.21. The lowest BCUT2D eigenvalue weighted by molar-refractivity contribution is -0.0167. The van der Waals surface area contributed by atoms with Crippen LogP contribution in [0.5, 0.6) is 0 Å². The average molecular weight is 433 g/mol. The highest BCUT2D eigenvalue weighted by Gasteiger charge is 2.51. The van der Waals surface area contributed by atoms with Gasteiger partial charge in [-0.2, -0.15) is 0 Å². The molecule has 1 aliphatic heterocycles. The Morgan fingerprint density at radius 3 is 2.26 bits per heavy atom. The molecule has 4 aliphatic carbocycles. The molecular weight excluding hydrogens is 404 g/mol. The summed E-state index contributed by atoms with van der Waals surface area (Å²) in [6, 6.07) is 15.3. The van der Waals surface area contributed by atoms with E-state index < -0.39 is 0 Å². The number of anilines is 1. The molecule has 5 aliphatic rings. The van der Waals surface area contributed by atoms with Crippen LogP contribution in [0, 0.1) is 17.8 Å². The molecule has 4 saturated carbocycles. The average Bonchev–Trinajstić information content (AvgIpc) is 2.77. The fraction of sp³-hybridized carbons (Fsp3) is 0.462. The van der Waals surface area contributed by atoms with Crippen LogP contribution in [-0.2, 0) is 0 Å². The van der Waals surface area contributed by atoms with Crippen molar-refractivity contribution in [1.29, 1.82) is 0 Å². The molecule has 31 heavy (non-hydrogen) atoms. The van der Waals surface area contributed by atoms with Gasteiger partial charge >= 0.3 is 0 Å². The predicted molar refractivity (Wildman–Crippen MR) is 124 cm³/mol. The second-order valence-corrected chi connectivity index (χ2v) is 11.1. The van der Waals surface area contributed by atoms with E-state index in [2.05, 4.69) is 5.32 Å². The number of carbonyl (C=O) groups excluding carboxylic acids is 2. The Labute approximate surface area is 187 Å². The smallest absolute Gasteiger partial charge is 0.258 e. The minimum Gasteiger partial charge on any atom is -0.347 e. The highest BCUT2D eigenvalue weighted by atomic mass is 32.2. The van der Waals surface area contributed by atoms with Crippen molar-refractivity contribution in [2.24, 2.45) is 17.8 Å². The van der Waals surface area contributed by atoms with Crippen molar-refractivity contribution in [3.8, 4) is 0 Å². The maximum absolute atomic E-state index is 13.3. The molecule has 4 fully saturated rings. The Kier molecular flexibility index (Phi) is 4.64. The number of carbonyl (C=O) groups is 2. The third-order valence-corrected chi connectivity index (χ3v) is 8.81. The van der Waals surface area contributed by atoms with Crippen molar-refractivity contribution < 1.29 is 9.59 Å². The molecule has 5 heteroatoms. The molecule has 1 N–H and O–H groups in total. The molecule has 0 radical (unpaired) electrons. The third-order valence-electron chi connectivity index (χ3n) is 7.77. The zero-order chi connectivity index (χ0) is 21.0. The molecule has 4 bridgehead atoms. The van der Waals surface area contributed by atoms with Crippen LogP contribution in [0.25, 0.3) is 0 Å². The lowest BCUT2D eigenvalue weighted by atomic mass is 9.53. The summed E-state index contributed by atoms with van der Waals surface area (Å²) in [4.78, 5) is 29.4. The van der Waals surface area contributed by atoms with E-state index >= 15 is 0 Å². The van der Waals surface area contributed by atoms with Crippen LogP contribution in [0.15, 0.2) is 53.4 Å². The number of benzene rings is 2. The molecule has 0 spiro atoms. The third kappa shape index (κ3) is 3.47. The lowest BCUT2D eigenvalue weighted by Gasteiger charge is -2.56. The number of nitrogens with one attached hydrogen (secondary N) is 1. The van der Waals surface area contributed by atoms with Gasteiger partial charge in [-0.25, -0.2) is 0 Å². The van der Waals surface area contributed by atoms with E-state index in [0.717, 1.165) is 53.4 Å². The minimum absolute atomic E-state index is 0.000734. The summed E-state index contributed by atoms with van der Waals surface area (Å²) in [5, 5.41) is 3.47. The van der Waals surface area contributed by atoms with Gasteiger partial charge in [0.15, 0.2) is 0 Å². The fourth-order valence-corrected chi connectivity index (χ4v) is 7.86. The number of nitrogens with zero attached hydrogens (tertiary/aromatic N) is 1. The topological polar surface area (TPSA) is 49.4 Å². The Balaban J connectivity index is 1.26. The van der Waals surface area contributed by atoms with E-state index in [4.69, 9.17) is 0 Å². The second-order valence-electron chi connectivity index (χ2n) is 10.0. The number of fused-ring (bicyclic) bond motifs is 1. The molecule has 0 atom stereocenters. The maximum Gasteiger partial charge on any atom is 0.258 e. The van der Waals surface area contributed by atoms with Gasteiger partial charge in [0.05, 0.1) is 5.69 Å². The maximum atomic E-state index is 13.3. The molecule has 2 aromatic rings. The lowest BCUT2D eigenvalue weighted by Crippen LogP contribution is -2.59. The van der Waals surface area contributed by atoms with E-state index in [1.165, 1.54) is 19.3 Å². The van der Waals surface area contributed by atoms with Gasteiger partial charge in [-0.05, 0) is 86.6 Å². The van der Waals surface area contributed by atoms with E-state index in [0.29, 0.717) is 17.7 Å². The standard InChI is InChI=1S/C26H28N2O2S/c29-24(27-26-14-17-10-18(15-26)12-19(11-17)16-26)21-6-7-23-22(13-21)28(8-9-31-23)25(30)20-4-2-1-3-5-20/h1-7,13,17-19H,8-12,14-16H2,(H,27,29). The molecule has 0 aromatic heterocycles. The summed E-state index contributed by atoms with van der Waals surface area (Å²) in [5.74, 6) is 3.28. The zero-order valence-corrected chi connectivity index (χ0v) is 18.5. The number of rotatable bonds is 3. The van der Waals surface area contributed by atoms with Crippen LogP contribution in [0.1, 0.15) is 59.2 Å². The van der Waals surface area contributed by atoms with Crippen LogP contribution in [-0.4, -0.2) is 29.7 Å². The highest BCUT2D eigenvalue weighted by molar-refractivity contribution is 7.99. The van der Waals surface area contributed by atoms with Crippen molar-refractivity contribution >= 4 is 29.3 Å². The van der Waals surface area contributed by atoms with Crippen molar-refractivity contribution in [1.82, 2.24) is 5.32 Å². The van der Waals surface area contributed by atoms with Crippen LogP contribution < -0.4 is 10.2 Å². The molecule has 160 valence electrons. The van der Waals surface area contributed by atoms with Gasteiger partial charge in [0, 0.05) is 33.9 Å². The normalized spacial score (nSPS) is 30.7. The Bertz CT molecular complexity index is 1000. The first-order chi connectivity index (χ1) is 15.1. The Morgan fingerprint density at radius 1 is 0.903 bits per heavy atom. The summed E-state index contributed by atoms with van der Waals surface area (Å²) < 4.78 is 0. The molecule has 0 saturated heterocycles. The first kappa shape index (κ1) is 19.4. The van der Waals surface area contributed by atoms with E-state index in [9.17, 15) is 9.59 Å². The quantitative estimate of drug-likeness (QED) is 0.731. The van der Waals surface area contributed by atoms with Gasteiger partial charge in [0.2, 0.25) is 0 Å². The number of hydrogen-bond donors (Lipinski definition) is 1. The molecular formula is C26H28N2O2S. The number of hydrogen-bond acceptors (Lipinski definition) is 3. The van der Waals surface area contributed by atoms with Gasteiger partial charge in [-0.1, -0.05) is 18.2 Å². The number of thioether (sulfide) groups is 1. The highest BCUT2D eigenvalue weighted by Crippen LogP contribution is 2.55. The van der Waals surface area contributed by atoms with Crippen LogP contribution in [0.4, 0.5) is 5.69 Å². The molecule has 7 rings (SSSR count). The fourth-order valence-electron chi connectivity index (χ4n) is 6.88. The SMILES string of the molecule is O=C(NC12CC3CC(CC(C3)C1)C2)c1ccc2c(c1)N(C(=O)c1ccccc1)CCS2. The van der Waals surface area contributed by atoms with Crippen molar-refractivity contribution in [3.63, 3.8) is 0 Å². The van der Waals surface area contributed by atoms with Crippen LogP contribution in [0.2, 0.25) is 0 Å². The predicted octanol–water partition coefficient (Wildman–Crippen LogP) is 5.14. The van der Waals surface area contributed by atoms with Crippen molar-refractivity contribution in [2.45, 2.75) is 49.0 Å². The van der Waals surface area contributed by atoms with E-state index in [1.807, 2.05) is 53.4 Å². The van der Waals surface area contributed by atoms with Crippen LogP contribution in [0.3, 0.4) is 0 Å². The zero-order valence-electron chi connectivity index (χ0n) is 17.7. The van der Waals surface area contributed by atoms with Gasteiger partial charge in [0.1, 0.15) is 0 Å². The molecule has 2 amide bonds. The minimum atomic E-state index is -0.00394. The summed E-state index contributed by atoms with van der Waals surface area (Å²) >= 11 is 1.75. The second kappa shape index (κ2) is 7.40. The van der Waals surface area contributed by atoms with Gasteiger partial charge in [-0.15, -0.1) is 11.8 Å². The molecule has 2 aromatic carbocycles. The summed E-state index contributed by atoms with van der Waals surface area (Å²) in [6.07, 6.45) is 7.52. The Morgan fingerprint density at radius 2 is 1.58 bits per heavy atom. The summed E-state index contributed by atoms with van der Waals surface area (Å²) in [7, 11) is 0. The molecule has 4 nitrogen and oxygen atoms in total. The monoisotopic (exact) mass is 432 g/mol. The van der Waals surface area contributed by atoms with Crippen molar-refractivity contribution in [3.05, 3.63) is 59.7 Å². The first-order valence-corrected chi connectivity index (χ1v) is 12.5. The van der Waals surface area contributed by atoms with Gasteiger partial charge in [-0.3, -0.25) is 9.59 Å². The largest absolute Gasteiger partial charge is 0.347 e. The summed E-state index contributed by atoms with van der Waals surface area (Å²) in [6.45, 7) is 0.658. The van der Waals surface area contributed by atoms with E-state index in [1.54, 1.807) is 11.8 Å². The van der Waals surface area contributed by atoms with Gasteiger partial charge < -0.3 is 10.2 Å². The van der Waals surface area contributed by atoms with Gasteiger partial charge in [0.25, 0.3) is 11.8 Å².